The van der Waals surface area contributed by atoms with Gasteiger partial charge in [0.25, 0.3) is 0 Å². The van der Waals surface area contributed by atoms with Crippen molar-refractivity contribution >= 4 is 22.7 Å². The zero-order valence-corrected chi connectivity index (χ0v) is 9.62. The van der Waals surface area contributed by atoms with E-state index in [1.54, 1.807) is 22.7 Å². The van der Waals surface area contributed by atoms with Gasteiger partial charge >= 0.3 is 0 Å². The minimum atomic E-state index is 0.701. The summed E-state index contributed by atoms with van der Waals surface area (Å²) in [5.74, 6) is 0. The molecule has 2 aromatic heterocycles. The molecule has 2 aromatic rings. The molecule has 74 valence electrons. The van der Waals surface area contributed by atoms with Gasteiger partial charge in [0.05, 0.1) is 10.6 Å². The van der Waals surface area contributed by atoms with E-state index < -0.39 is 0 Å². The van der Waals surface area contributed by atoms with Crippen LogP contribution >= 0.6 is 22.7 Å². The molecule has 0 unspecified atom stereocenters. The molecule has 0 fully saturated rings. The van der Waals surface area contributed by atoms with Crippen molar-refractivity contribution in [2.24, 2.45) is 5.73 Å². The maximum atomic E-state index is 5.54. The normalized spacial score (nSPS) is 10.7. The van der Waals surface area contributed by atoms with E-state index in [0.29, 0.717) is 6.54 Å². The summed E-state index contributed by atoms with van der Waals surface area (Å²) in [6, 6.07) is 4.16. The fourth-order valence-electron chi connectivity index (χ4n) is 1.30. The maximum absolute atomic E-state index is 5.54. The first kappa shape index (κ1) is 9.83. The first-order valence-electron chi connectivity index (χ1n) is 4.51. The number of thiophene rings is 1. The summed E-state index contributed by atoms with van der Waals surface area (Å²) in [7, 11) is 0. The van der Waals surface area contributed by atoms with Crippen molar-refractivity contribution in [2.75, 3.05) is 6.54 Å². The van der Waals surface area contributed by atoms with Crippen molar-refractivity contribution in [3.63, 3.8) is 0 Å². The molecule has 14 heavy (non-hydrogen) atoms. The Morgan fingerprint density at radius 3 is 3.00 bits per heavy atom. The zero-order valence-electron chi connectivity index (χ0n) is 7.99. The highest BCUT2D eigenvalue weighted by molar-refractivity contribution is 7.21. The van der Waals surface area contributed by atoms with E-state index in [0.717, 1.165) is 17.1 Å². The van der Waals surface area contributed by atoms with Gasteiger partial charge in [0.1, 0.15) is 5.01 Å². The molecule has 0 saturated heterocycles. The summed E-state index contributed by atoms with van der Waals surface area (Å²) in [4.78, 5) is 7.11. The molecule has 0 aliphatic rings. The quantitative estimate of drug-likeness (QED) is 0.870. The predicted molar refractivity (Wildman–Crippen MR) is 62.9 cm³/mol. The van der Waals surface area contributed by atoms with Crippen LogP contribution < -0.4 is 5.73 Å². The second-order valence-electron chi connectivity index (χ2n) is 3.04. The second kappa shape index (κ2) is 4.21. The minimum absolute atomic E-state index is 0.701. The van der Waals surface area contributed by atoms with Gasteiger partial charge in [0, 0.05) is 4.88 Å². The average Bonchev–Trinajstić information content (AvgIpc) is 2.76. The van der Waals surface area contributed by atoms with Gasteiger partial charge < -0.3 is 5.73 Å². The number of aryl methyl sites for hydroxylation is 1. The molecule has 0 aliphatic heterocycles. The van der Waals surface area contributed by atoms with Crippen LogP contribution in [0.3, 0.4) is 0 Å². The van der Waals surface area contributed by atoms with E-state index in [2.05, 4.69) is 29.4 Å². The largest absolute Gasteiger partial charge is 0.330 e. The number of thiazole rings is 1. The van der Waals surface area contributed by atoms with Crippen molar-refractivity contribution in [3.05, 3.63) is 28.1 Å². The van der Waals surface area contributed by atoms with Crippen LogP contribution in [0.5, 0.6) is 0 Å². The molecule has 2 heterocycles. The molecule has 2 rings (SSSR count). The first-order chi connectivity index (χ1) is 6.81. The average molecular weight is 224 g/mol. The topological polar surface area (TPSA) is 38.9 Å². The van der Waals surface area contributed by atoms with Gasteiger partial charge in [-0.2, -0.15) is 0 Å². The lowest BCUT2D eigenvalue weighted by atomic mass is 10.3. The van der Waals surface area contributed by atoms with Crippen LogP contribution in [0, 0.1) is 6.92 Å². The van der Waals surface area contributed by atoms with E-state index in [1.807, 2.05) is 0 Å². The van der Waals surface area contributed by atoms with Gasteiger partial charge in [-0.25, -0.2) is 4.98 Å². The van der Waals surface area contributed by atoms with E-state index in [1.165, 1.54) is 9.75 Å². The summed E-state index contributed by atoms with van der Waals surface area (Å²) in [5, 5.41) is 3.20. The van der Waals surface area contributed by atoms with Crippen molar-refractivity contribution in [3.8, 4) is 9.88 Å². The molecule has 0 bridgehead atoms. The van der Waals surface area contributed by atoms with Gasteiger partial charge in [-0.15, -0.1) is 22.7 Å². The van der Waals surface area contributed by atoms with Gasteiger partial charge in [-0.05, 0) is 31.3 Å². The maximum Gasteiger partial charge on any atom is 0.133 e. The van der Waals surface area contributed by atoms with Crippen molar-refractivity contribution in [1.82, 2.24) is 4.98 Å². The number of rotatable bonds is 3. The highest BCUT2D eigenvalue weighted by Crippen LogP contribution is 2.30. The zero-order chi connectivity index (χ0) is 9.97. The van der Waals surface area contributed by atoms with Gasteiger partial charge in [-0.3, -0.25) is 0 Å². The van der Waals surface area contributed by atoms with Crippen LogP contribution in [0.15, 0.2) is 17.5 Å². The second-order valence-corrected chi connectivity index (χ2v) is 5.07. The lowest BCUT2D eigenvalue weighted by molar-refractivity contribution is 0.970. The van der Waals surface area contributed by atoms with Gasteiger partial charge in [0.15, 0.2) is 0 Å². The van der Waals surface area contributed by atoms with E-state index in [9.17, 15) is 0 Å². The molecule has 2 N–H and O–H groups in total. The summed E-state index contributed by atoms with van der Waals surface area (Å²) in [6.45, 7) is 2.76. The lowest BCUT2D eigenvalue weighted by Gasteiger charge is -1.90. The summed E-state index contributed by atoms with van der Waals surface area (Å²) in [5.41, 5.74) is 6.67. The summed E-state index contributed by atoms with van der Waals surface area (Å²) >= 11 is 3.49. The monoisotopic (exact) mass is 224 g/mol. The third-order valence-corrected chi connectivity index (χ3v) is 4.25. The molecular formula is C10H12N2S2. The number of nitrogens with two attached hydrogens (primary N) is 1. The number of hydrogen-bond donors (Lipinski definition) is 1. The van der Waals surface area contributed by atoms with Crippen LogP contribution in [0.25, 0.3) is 9.88 Å². The Labute approximate surface area is 91.4 Å². The minimum Gasteiger partial charge on any atom is -0.330 e. The van der Waals surface area contributed by atoms with Gasteiger partial charge in [-0.1, -0.05) is 6.07 Å². The van der Waals surface area contributed by atoms with Crippen LogP contribution in [-0.2, 0) is 6.42 Å². The Bertz CT molecular complexity index is 404. The number of hydrogen-bond acceptors (Lipinski definition) is 4. The molecule has 0 spiro atoms. The van der Waals surface area contributed by atoms with Crippen LogP contribution in [0.4, 0.5) is 0 Å². The SMILES string of the molecule is Cc1nc(-c2cccs2)sc1CCN. The van der Waals surface area contributed by atoms with E-state index in [4.69, 9.17) is 5.73 Å². The van der Waals surface area contributed by atoms with Crippen LogP contribution in [0.2, 0.25) is 0 Å². The standard InChI is InChI=1S/C10H12N2S2/c1-7-8(4-5-11)14-10(12-7)9-3-2-6-13-9/h2-3,6H,4-5,11H2,1H3. The van der Waals surface area contributed by atoms with E-state index >= 15 is 0 Å². The van der Waals surface area contributed by atoms with Crippen molar-refractivity contribution < 1.29 is 0 Å². The molecule has 0 radical (unpaired) electrons. The first-order valence-corrected chi connectivity index (χ1v) is 6.21. The van der Waals surface area contributed by atoms with Crippen LogP contribution in [-0.4, -0.2) is 11.5 Å². The number of aromatic nitrogens is 1. The Morgan fingerprint density at radius 1 is 1.50 bits per heavy atom. The molecular weight excluding hydrogens is 212 g/mol. The molecule has 2 nitrogen and oxygen atoms in total. The molecule has 0 aliphatic carbocycles. The number of nitrogens with zero attached hydrogens (tertiary/aromatic N) is 1. The predicted octanol–water partition coefficient (Wildman–Crippen LogP) is 2.68. The fraction of sp³-hybridized carbons (Fsp3) is 0.300. The molecule has 4 heteroatoms. The van der Waals surface area contributed by atoms with Crippen LogP contribution in [0.1, 0.15) is 10.6 Å². The van der Waals surface area contributed by atoms with Crippen molar-refractivity contribution in [2.45, 2.75) is 13.3 Å². The molecule has 0 amide bonds. The highest BCUT2D eigenvalue weighted by Gasteiger charge is 2.08. The summed E-state index contributed by atoms with van der Waals surface area (Å²) < 4.78 is 0. The van der Waals surface area contributed by atoms with Gasteiger partial charge in [0.2, 0.25) is 0 Å². The van der Waals surface area contributed by atoms with E-state index in [-0.39, 0.29) is 0 Å². The third kappa shape index (κ3) is 1.87. The van der Waals surface area contributed by atoms with Crippen molar-refractivity contribution in [1.29, 1.82) is 0 Å². The third-order valence-electron chi connectivity index (χ3n) is 2.00. The Hall–Kier alpha value is -0.710. The lowest BCUT2D eigenvalue weighted by Crippen LogP contribution is -2.01. The smallest absolute Gasteiger partial charge is 0.133 e. The molecule has 0 aromatic carbocycles. The molecule has 0 saturated carbocycles. The Balaban J connectivity index is 2.33. The summed E-state index contributed by atoms with van der Waals surface area (Å²) in [6.07, 6.45) is 0.939. The Kier molecular flexibility index (Phi) is 2.96. The highest BCUT2D eigenvalue weighted by atomic mass is 32.1. The fourth-order valence-corrected chi connectivity index (χ4v) is 3.17. The molecule has 0 atom stereocenters. The Morgan fingerprint density at radius 2 is 2.36 bits per heavy atom.